The van der Waals surface area contributed by atoms with Gasteiger partial charge in [0, 0.05) is 23.2 Å². The summed E-state index contributed by atoms with van der Waals surface area (Å²) >= 11 is 12.1. The second-order valence-electron chi connectivity index (χ2n) is 8.02. The third kappa shape index (κ3) is 3.94. The summed E-state index contributed by atoms with van der Waals surface area (Å²) in [5.41, 5.74) is 8.65. The van der Waals surface area contributed by atoms with Gasteiger partial charge in [-0.3, -0.25) is 4.79 Å². The van der Waals surface area contributed by atoms with Crippen LogP contribution in [0, 0.1) is 0 Å². The summed E-state index contributed by atoms with van der Waals surface area (Å²) in [6, 6.07) is 18.8. The molecule has 1 amide bonds. The number of rotatable bonds is 5. The second kappa shape index (κ2) is 8.49. The molecule has 162 valence electrons. The lowest BCUT2D eigenvalue weighted by molar-refractivity contribution is 0.100. The van der Waals surface area contributed by atoms with Crippen LogP contribution < -0.4 is 10.5 Å². The molecule has 0 bridgehead atoms. The number of nitrogens with two attached hydrogens (primary N) is 1. The van der Waals surface area contributed by atoms with Gasteiger partial charge < -0.3 is 15.0 Å². The number of ether oxygens (including phenoxy) is 1. The third-order valence-corrected chi connectivity index (χ3v) is 6.62. The fourth-order valence-corrected chi connectivity index (χ4v) is 4.65. The lowest BCUT2D eigenvalue weighted by atomic mass is 10.1. The van der Waals surface area contributed by atoms with Gasteiger partial charge in [-0.25, -0.2) is 4.98 Å². The van der Waals surface area contributed by atoms with E-state index in [4.69, 9.17) is 38.7 Å². The highest BCUT2D eigenvalue weighted by Gasteiger charge is 2.24. The molecule has 0 radical (unpaired) electrons. The first-order valence-corrected chi connectivity index (χ1v) is 11.3. The van der Waals surface area contributed by atoms with Crippen LogP contribution in [0.1, 0.15) is 42.1 Å². The number of aromatic nitrogens is 2. The average molecular weight is 466 g/mol. The zero-order valence-corrected chi connectivity index (χ0v) is 18.7. The van der Waals surface area contributed by atoms with Crippen molar-refractivity contribution in [2.45, 2.75) is 31.7 Å². The minimum absolute atomic E-state index is 0.370. The third-order valence-electron chi connectivity index (χ3n) is 5.88. The summed E-state index contributed by atoms with van der Waals surface area (Å²) in [6.07, 6.45) is 4.61. The fourth-order valence-electron chi connectivity index (χ4n) is 4.36. The molecule has 7 heteroatoms. The fraction of sp³-hybridized carbons (Fsp3) is 0.200. The number of hydrogen-bond donors (Lipinski definition) is 1. The first-order chi connectivity index (χ1) is 15.5. The van der Waals surface area contributed by atoms with Crippen molar-refractivity contribution in [3.8, 4) is 22.9 Å². The van der Waals surface area contributed by atoms with Gasteiger partial charge in [-0.05, 0) is 55.3 Å². The van der Waals surface area contributed by atoms with Crippen molar-refractivity contribution in [2.75, 3.05) is 0 Å². The Hall–Kier alpha value is -3.02. The Balaban J connectivity index is 1.58. The number of amides is 1. The van der Waals surface area contributed by atoms with Gasteiger partial charge in [0.05, 0.1) is 21.1 Å². The average Bonchev–Trinajstić information content (AvgIpc) is 3.43. The van der Waals surface area contributed by atoms with E-state index < -0.39 is 5.91 Å². The normalized spacial score (nSPS) is 14.2. The number of primary amides is 1. The number of halogens is 2. The Morgan fingerprint density at radius 2 is 1.75 bits per heavy atom. The first-order valence-electron chi connectivity index (χ1n) is 10.5. The van der Waals surface area contributed by atoms with Crippen LogP contribution in [0.3, 0.4) is 0 Å². The zero-order chi connectivity index (χ0) is 22.2. The van der Waals surface area contributed by atoms with Gasteiger partial charge in [0.1, 0.15) is 17.3 Å². The molecule has 1 heterocycles. The van der Waals surface area contributed by atoms with Gasteiger partial charge in [0.15, 0.2) is 0 Å². The van der Waals surface area contributed by atoms with Crippen LogP contribution in [0.4, 0.5) is 0 Å². The maximum Gasteiger partial charge on any atom is 0.248 e. The molecule has 0 spiro atoms. The maximum absolute atomic E-state index is 11.7. The molecule has 0 aliphatic heterocycles. The van der Waals surface area contributed by atoms with E-state index in [-0.39, 0.29) is 0 Å². The van der Waals surface area contributed by atoms with Crippen molar-refractivity contribution in [3.05, 3.63) is 76.3 Å². The van der Waals surface area contributed by atoms with Gasteiger partial charge in [-0.2, -0.15) is 0 Å². The van der Waals surface area contributed by atoms with E-state index in [9.17, 15) is 4.79 Å². The molecule has 1 saturated carbocycles. The molecular weight excluding hydrogens is 445 g/mol. The molecule has 2 N–H and O–H groups in total. The van der Waals surface area contributed by atoms with Gasteiger partial charge in [-0.15, -0.1) is 0 Å². The Kier molecular flexibility index (Phi) is 5.53. The van der Waals surface area contributed by atoms with Crippen molar-refractivity contribution in [1.29, 1.82) is 0 Å². The number of imidazole rings is 1. The second-order valence-corrected chi connectivity index (χ2v) is 8.83. The molecule has 1 aliphatic rings. The number of carbonyl (C=O) groups is 1. The lowest BCUT2D eigenvalue weighted by Crippen LogP contribution is -2.10. The van der Waals surface area contributed by atoms with Crippen LogP contribution in [0.2, 0.25) is 10.0 Å². The monoisotopic (exact) mass is 465 g/mol. The molecule has 3 aromatic carbocycles. The molecule has 0 atom stereocenters. The zero-order valence-electron chi connectivity index (χ0n) is 17.2. The van der Waals surface area contributed by atoms with Crippen LogP contribution in [0.25, 0.3) is 22.4 Å². The van der Waals surface area contributed by atoms with Crippen molar-refractivity contribution in [1.82, 2.24) is 9.55 Å². The first kappa shape index (κ1) is 20.9. The number of hydrogen-bond acceptors (Lipinski definition) is 3. The van der Waals surface area contributed by atoms with Crippen LogP contribution in [0.5, 0.6) is 11.5 Å². The van der Waals surface area contributed by atoms with E-state index >= 15 is 0 Å². The van der Waals surface area contributed by atoms with Crippen LogP contribution >= 0.6 is 23.2 Å². The minimum atomic E-state index is -0.458. The minimum Gasteiger partial charge on any atom is -0.457 e. The van der Waals surface area contributed by atoms with E-state index in [0.29, 0.717) is 33.1 Å². The highest BCUT2D eigenvalue weighted by atomic mass is 35.5. The summed E-state index contributed by atoms with van der Waals surface area (Å²) in [5, 5.41) is 0.919. The summed E-state index contributed by atoms with van der Waals surface area (Å²) in [4.78, 5) is 16.6. The smallest absolute Gasteiger partial charge is 0.248 e. The molecule has 5 nitrogen and oxygen atoms in total. The quantitative estimate of drug-likeness (QED) is 0.344. The lowest BCUT2D eigenvalue weighted by Gasteiger charge is -2.17. The SMILES string of the molecule is NC(=O)c1ccc2c(c1)nc(-c1cccc(Oc3ccc(Cl)c(Cl)c3)c1)n2C1CCCC1. The number of benzene rings is 3. The molecule has 4 aromatic rings. The summed E-state index contributed by atoms with van der Waals surface area (Å²) < 4.78 is 8.32. The summed E-state index contributed by atoms with van der Waals surface area (Å²) in [5.74, 6) is 1.67. The van der Waals surface area contributed by atoms with Crippen LogP contribution in [-0.2, 0) is 0 Å². The molecule has 1 aliphatic carbocycles. The van der Waals surface area contributed by atoms with Crippen molar-refractivity contribution < 1.29 is 9.53 Å². The number of nitrogens with zero attached hydrogens (tertiary/aromatic N) is 2. The van der Waals surface area contributed by atoms with E-state index in [2.05, 4.69) is 4.57 Å². The predicted molar refractivity (Wildman–Crippen MR) is 128 cm³/mol. The van der Waals surface area contributed by atoms with Crippen molar-refractivity contribution >= 4 is 40.1 Å². The number of carbonyl (C=O) groups excluding carboxylic acids is 1. The maximum atomic E-state index is 11.7. The number of fused-ring (bicyclic) bond motifs is 1. The summed E-state index contributed by atoms with van der Waals surface area (Å²) in [7, 11) is 0. The van der Waals surface area contributed by atoms with Gasteiger partial charge in [0.2, 0.25) is 5.91 Å². The summed E-state index contributed by atoms with van der Waals surface area (Å²) in [6.45, 7) is 0. The highest BCUT2D eigenvalue weighted by molar-refractivity contribution is 6.42. The van der Waals surface area contributed by atoms with E-state index in [1.54, 1.807) is 30.3 Å². The van der Waals surface area contributed by atoms with E-state index in [1.165, 1.54) is 12.8 Å². The Morgan fingerprint density at radius 1 is 0.969 bits per heavy atom. The molecule has 1 aromatic heterocycles. The van der Waals surface area contributed by atoms with Crippen molar-refractivity contribution in [3.63, 3.8) is 0 Å². The molecule has 32 heavy (non-hydrogen) atoms. The van der Waals surface area contributed by atoms with Crippen molar-refractivity contribution in [2.24, 2.45) is 5.73 Å². The molecule has 5 rings (SSSR count). The van der Waals surface area contributed by atoms with Crippen LogP contribution in [-0.4, -0.2) is 15.5 Å². The Morgan fingerprint density at radius 3 is 2.50 bits per heavy atom. The molecular formula is C25H21Cl2N3O2. The van der Waals surface area contributed by atoms with Gasteiger partial charge in [-0.1, -0.05) is 48.2 Å². The predicted octanol–water partition coefficient (Wildman–Crippen LogP) is 7.02. The standard InChI is InChI=1S/C25H21Cl2N3O2/c26-20-10-9-19(14-21(20)27)32-18-7-3-4-16(12-18)25-29-22-13-15(24(28)31)8-11-23(22)30(25)17-5-1-2-6-17/h3-4,7-14,17H,1-2,5-6H2,(H2,28,31). The topological polar surface area (TPSA) is 70.1 Å². The van der Waals surface area contributed by atoms with Gasteiger partial charge >= 0.3 is 0 Å². The largest absolute Gasteiger partial charge is 0.457 e. The molecule has 0 unspecified atom stereocenters. The van der Waals surface area contributed by atoms with Gasteiger partial charge in [0.25, 0.3) is 0 Å². The molecule has 0 saturated heterocycles. The highest BCUT2D eigenvalue weighted by Crippen LogP contribution is 2.38. The van der Waals surface area contributed by atoms with E-state index in [0.717, 1.165) is 35.3 Å². The van der Waals surface area contributed by atoms with Crippen LogP contribution in [0.15, 0.2) is 60.7 Å². The Bertz CT molecular complexity index is 1330. The van der Waals surface area contributed by atoms with E-state index in [1.807, 2.05) is 30.3 Å². The Labute approximate surface area is 195 Å². The molecule has 1 fully saturated rings.